The Labute approximate surface area is 309 Å². The number of carbonyl (C=O) groups is 3. The number of aryl methyl sites for hydroxylation is 1. The maximum Gasteiger partial charge on any atom is 0.410 e. The van der Waals surface area contributed by atoms with Crippen LogP contribution in [-0.4, -0.2) is 60.6 Å². The van der Waals surface area contributed by atoms with Gasteiger partial charge in [-0.05, 0) is 48.1 Å². The molecule has 1 unspecified atom stereocenters. The maximum absolute atomic E-state index is 14.4. The van der Waals surface area contributed by atoms with Crippen LogP contribution in [0.1, 0.15) is 58.6 Å². The number of fused-ring (bicyclic) bond motifs is 3. The number of likely N-dealkylation sites (N-methyl/N-ethyl adjacent to an activating group) is 1. The highest BCUT2D eigenvalue weighted by Gasteiger charge is 2.44. The van der Waals surface area contributed by atoms with Crippen LogP contribution in [0.5, 0.6) is 0 Å². The predicted molar refractivity (Wildman–Crippen MR) is 202 cm³/mol. The Hall–Kier alpha value is -5.40. The smallest absolute Gasteiger partial charge is 0.410 e. The van der Waals surface area contributed by atoms with E-state index in [9.17, 15) is 14.4 Å². The monoisotopic (exact) mass is 712 g/mol. The molecule has 264 valence electrons. The lowest BCUT2D eigenvalue weighted by Gasteiger charge is -2.37. The Bertz CT molecular complexity index is 2030. The van der Waals surface area contributed by atoms with Gasteiger partial charge in [-0.2, -0.15) is 0 Å². The fraction of sp³-hybridized carbons (Fsp3) is 0.250. The molecule has 52 heavy (non-hydrogen) atoms. The van der Waals surface area contributed by atoms with Gasteiger partial charge < -0.3 is 14.4 Å². The Morgan fingerprint density at radius 2 is 1.33 bits per heavy atom. The number of carbonyl (C=O) groups excluding carboxylic acids is 3. The number of amides is 2. The van der Waals surface area contributed by atoms with E-state index in [-0.39, 0.29) is 24.9 Å². The summed E-state index contributed by atoms with van der Waals surface area (Å²) < 4.78 is 12.6. The van der Waals surface area contributed by atoms with Crippen LogP contribution >= 0.6 is 11.6 Å². The highest BCUT2D eigenvalue weighted by molar-refractivity contribution is 6.31. The number of hydrogen-bond donors (Lipinski definition) is 0. The average molecular weight is 713 g/mol. The molecule has 0 radical (unpaired) electrons. The molecular weight excluding hydrogens is 672 g/mol. The fourth-order valence-electron chi connectivity index (χ4n) is 7.59. The number of benzene rings is 5. The van der Waals surface area contributed by atoms with Crippen LogP contribution in [0.4, 0.5) is 4.79 Å². The minimum atomic E-state index is -1.45. The molecule has 1 aliphatic heterocycles. The Kier molecular flexibility index (Phi) is 10.1. The topological polar surface area (TPSA) is 76.2 Å². The molecule has 0 saturated carbocycles. The van der Waals surface area contributed by atoms with E-state index >= 15 is 0 Å². The van der Waals surface area contributed by atoms with Gasteiger partial charge in [-0.3, -0.25) is 14.5 Å². The minimum Gasteiger partial charge on any atom is -0.448 e. The first-order chi connectivity index (χ1) is 25.3. The second kappa shape index (κ2) is 15.1. The van der Waals surface area contributed by atoms with Crippen LogP contribution < -0.4 is 0 Å². The van der Waals surface area contributed by atoms with Gasteiger partial charge in [-0.1, -0.05) is 138 Å². The highest BCUT2D eigenvalue weighted by Crippen LogP contribution is 2.45. The third kappa shape index (κ3) is 6.69. The molecular formula is C44H41ClN2O5. The second-order valence-corrected chi connectivity index (χ2v) is 13.9. The van der Waals surface area contributed by atoms with E-state index in [4.69, 9.17) is 21.1 Å². The number of rotatable bonds is 10. The molecule has 1 saturated heterocycles. The van der Waals surface area contributed by atoms with Crippen LogP contribution in [0.15, 0.2) is 127 Å². The number of ether oxygens (including phenoxy) is 2. The van der Waals surface area contributed by atoms with Crippen molar-refractivity contribution in [2.24, 2.45) is 0 Å². The van der Waals surface area contributed by atoms with Crippen LogP contribution in [0.3, 0.4) is 0 Å². The largest absolute Gasteiger partial charge is 0.448 e. The van der Waals surface area contributed by atoms with Gasteiger partial charge in [-0.15, -0.1) is 0 Å². The SMILES string of the molecule is Cc1ccc(C(OC(=O)C[C@@H](C(=O)N2CCCC2)N(C)C(=O)OCC2c3ccccc3-c3ccccc32)(c2ccccc2)c2ccccc2Cl)cc1. The molecule has 8 heteroatoms. The summed E-state index contributed by atoms with van der Waals surface area (Å²) in [7, 11) is 1.52. The molecule has 2 aliphatic rings. The van der Waals surface area contributed by atoms with E-state index in [0.29, 0.717) is 34.8 Å². The molecule has 0 N–H and O–H groups in total. The molecule has 2 amide bonds. The Morgan fingerprint density at radius 1 is 0.769 bits per heavy atom. The zero-order chi connectivity index (χ0) is 36.2. The number of halogens is 1. The molecule has 1 heterocycles. The van der Waals surface area contributed by atoms with Gasteiger partial charge in [0, 0.05) is 47.8 Å². The maximum atomic E-state index is 14.4. The number of hydrogen-bond acceptors (Lipinski definition) is 5. The first-order valence-electron chi connectivity index (χ1n) is 17.7. The van der Waals surface area contributed by atoms with Gasteiger partial charge in [0.15, 0.2) is 5.60 Å². The van der Waals surface area contributed by atoms with Crippen molar-refractivity contribution < 1.29 is 23.9 Å². The van der Waals surface area contributed by atoms with E-state index in [0.717, 1.165) is 40.7 Å². The summed E-state index contributed by atoms with van der Waals surface area (Å²) in [6.07, 6.45) is 0.635. The summed E-state index contributed by atoms with van der Waals surface area (Å²) in [6.45, 7) is 3.19. The molecule has 2 atom stereocenters. The predicted octanol–water partition coefficient (Wildman–Crippen LogP) is 8.75. The molecule has 0 bridgehead atoms. The van der Waals surface area contributed by atoms with Crippen molar-refractivity contribution in [3.63, 3.8) is 0 Å². The zero-order valence-corrected chi connectivity index (χ0v) is 30.1. The lowest BCUT2D eigenvalue weighted by molar-refractivity contribution is -0.157. The van der Waals surface area contributed by atoms with Crippen LogP contribution in [-0.2, 0) is 24.7 Å². The van der Waals surface area contributed by atoms with Gasteiger partial charge in [0.05, 0.1) is 6.42 Å². The molecule has 7 rings (SSSR count). The fourth-order valence-corrected chi connectivity index (χ4v) is 7.86. The van der Waals surface area contributed by atoms with Crippen molar-refractivity contribution in [3.8, 4) is 11.1 Å². The molecule has 1 fully saturated rings. The number of esters is 1. The standard InChI is InChI=1S/C44H41ClN2O5/c1-30-22-24-32(25-23-30)44(31-14-4-3-5-15-31,38-20-10-11-21-39(38)45)52-41(48)28-40(42(49)47-26-12-13-27-47)46(2)43(50)51-29-37-35-18-8-6-16-33(35)34-17-7-9-19-36(34)37/h3-11,14-25,37,40H,12-13,26-29H2,1-2H3/t40-,44?/m0/s1. The van der Waals surface area contributed by atoms with Crippen molar-refractivity contribution in [2.45, 2.75) is 43.7 Å². The van der Waals surface area contributed by atoms with Crippen molar-refractivity contribution >= 4 is 29.6 Å². The Balaban J connectivity index is 1.19. The van der Waals surface area contributed by atoms with Crippen molar-refractivity contribution in [3.05, 3.63) is 166 Å². The summed E-state index contributed by atoms with van der Waals surface area (Å²) in [5, 5.41) is 0.417. The minimum absolute atomic E-state index is 0.0866. The van der Waals surface area contributed by atoms with E-state index in [1.165, 1.54) is 11.9 Å². The molecule has 0 aromatic heterocycles. The molecule has 7 nitrogen and oxygen atoms in total. The van der Waals surface area contributed by atoms with Crippen LogP contribution in [0, 0.1) is 6.92 Å². The summed E-state index contributed by atoms with van der Waals surface area (Å²) in [6, 6.07) is 39.6. The van der Waals surface area contributed by atoms with E-state index in [1.807, 2.05) is 104 Å². The van der Waals surface area contributed by atoms with Crippen molar-refractivity contribution in [1.29, 1.82) is 0 Å². The zero-order valence-electron chi connectivity index (χ0n) is 29.3. The first kappa shape index (κ1) is 35.0. The molecule has 0 spiro atoms. The molecule has 5 aromatic carbocycles. The average Bonchev–Trinajstić information content (AvgIpc) is 3.83. The van der Waals surface area contributed by atoms with Crippen LogP contribution in [0.2, 0.25) is 5.02 Å². The summed E-state index contributed by atoms with van der Waals surface area (Å²) >= 11 is 6.89. The first-order valence-corrected chi connectivity index (χ1v) is 18.1. The van der Waals surface area contributed by atoms with E-state index in [2.05, 4.69) is 24.3 Å². The van der Waals surface area contributed by atoms with Gasteiger partial charge >= 0.3 is 12.1 Å². The third-order valence-corrected chi connectivity index (χ3v) is 10.6. The third-order valence-electron chi connectivity index (χ3n) is 10.3. The van der Waals surface area contributed by atoms with Crippen LogP contribution in [0.25, 0.3) is 11.1 Å². The van der Waals surface area contributed by atoms with Gasteiger partial charge in [0.2, 0.25) is 5.91 Å². The van der Waals surface area contributed by atoms with Gasteiger partial charge in [-0.25, -0.2) is 4.79 Å². The normalized spacial score (nSPS) is 15.2. The summed E-state index contributed by atoms with van der Waals surface area (Å²) in [5.74, 6) is -1.14. The Morgan fingerprint density at radius 3 is 1.96 bits per heavy atom. The highest BCUT2D eigenvalue weighted by atomic mass is 35.5. The lowest BCUT2D eigenvalue weighted by atomic mass is 9.79. The lowest BCUT2D eigenvalue weighted by Crippen LogP contribution is -2.50. The quantitative estimate of drug-likeness (QED) is 0.107. The van der Waals surface area contributed by atoms with Crippen molar-refractivity contribution in [2.75, 3.05) is 26.7 Å². The summed E-state index contributed by atoms with van der Waals surface area (Å²) in [4.78, 5) is 45.4. The van der Waals surface area contributed by atoms with E-state index in [1.54, 1.807) is 11.0 Å². The summed E-state index contributed by atoms with van der Waals surface area (Å²) in [5.41, 5.74) is 5.95. The number of likely N-dealkylation sites (tertiary alicyclic amines) is 1. The van der Waals surface area contributed by atoms with Gasteiger partial charge in [0.1, 0.15) is 12.6 Å². The molecule has 1 aliphatic carbocycles. The molecule has 5 aromatic rings. The number of nitrogens with zero attached hydrogens (tertiary/aromatic N) is 2. The van der Waals surface area contributed by atoms with E-state index < -0.39 is 23.7 Å². The van der Waals surface area contributed by atoms with Crippen molar-refractivity contribution in [1.82, 2.24) is 9.80 Å². The second-order valence-electron chi connectivity index (χ2n) is 13.5. The van der Waals surface area contributed by atoms with Gasteiger partial charge in [0.25, 0.3) is 0 Å².